The quantitative estimate of drug-likeness (QED) is 0.758. The molecule has 2 aromatic carbocycles. The highest BCUT2D eigenvalue weighted by Gasteiger charge is 2.11. The van der Waals surface area contributed by atoms with Crippen LogP contribution >= 0.6 is 23.2 Å². The first kappa shape index (κ1) is 16.5. The molecule has 0 spiro atoms. The van der Waals surface area contributed by atoms with Crippen molar-refractivity contribution in [3.8, 4) is 11.5 Å². The van der Waals surface area contributed by atoms with Crippen LogP contribution in [0.15, 0.2) is 36.4 Å². The first-order valence-electron chi connectivity index (χ1n) is 6.38. The molecule has 2 aromatic rings. The van der Waals surface area contributed by atoms with Crippen LogP contribution in [0.3, 0.4) is 0 Å². The van der Waals surface area contributed by atoms with Gasteiger partial charge in [0.25, 0.3) is 0 Å². The number of hydrogen-bond donors (Lipinski definition) is 0. The minimum atomic E-state index is -0.436. The Bertz CT molecular complexity index is 686. The molecule has 0 atom stereocenters. The predicted octanol–water partition coefficient (Wildman–Crippen LogP) is 4.37. The molecule has 0 fully saturated rings. The molecule has 22 heavy (non-hydrogen) atoms. The van der Waals surface area contributed by atoms with E-state index in [4.69, 9.17) is 32.7 Å². The van der Waals surface area contributed by atoms with Gasteiger partial charge in [0.1, 0.15) is 6.61 Å². The molecule has 4 nitrogen and oxygen atoms in total. The summed E-state index contributed by atoms with van der Waals surface area (Å²) >= 11 is 11.8. The molecule has 0 unspecified atom stereocenters. The van der Waals surface area contributed by atoms with Crippen LogP contribution in [0.25, 0.3) is 0 Å². The fraction of sp³-hybridized carbons (Fsp3) is 0.188. The second-order valence-corrected chi connectivity index (χ2v) is 5.21. The van der Waals surface area contributed by atoms with Crippen molar-refractivity contribution in [3.05, 3.63) is 57.6 Å². The van der Waals surface area contributed by atoms with E-state index >= 15 is 0 Å². The van der Waals surface area contributed by atoms with Crippen molar-refractivity contribution in [1.29, 1.82) is 0 Å². The Balaban J connectivity index is 2.15. The number of benzene rings is 2. The van der Waals surface area contributed by atoms with Crippen LogP contribution < -0.4 is 9.47 Å². The predicted molar refractivity (Wildman–Crippen MR) is 85.1 cm³/mol. The largest absolute Gasteiger partial charge is 0.493 e. The van der Waals surface area contributed by atoms with Crippen LogP contribution in [-0.4, -0.2) is 20.2 Å². The van der Waals surface area contributed by atoms with E-state index in [0.717, 1.165) is 5.56 Å². The Hall–Kier alpha value is -1.91. The summed E-state index contributed by atoms with van der Waals surface area (Å²) in [6.07, 6.45) is 0. The molecule has 0 saturated heterocycles. The lowest BCUT2D eigenvalue weighted by molar-refractivity contribution is 0.0600. The van der Waals surface area contributed by atoms with Crippen molar-refractivity contribution in [3.63, 3.8) is 0 Å². The Morgan fingerprint density at radius 1 is 1.00 bits per heavy atom. The number of esters is 1. The molecule has 0 saturated carbocycles. The number of methoxy groups -OCH3 is 2. The van der Waals surface area contributed by atoms with E-state index in [1.165, 1.54) is 14.2 Å². The van der Waals surface area contributed by atoms with Crippen molar-refractivity contribution in [1.82, 2.24) is 0 Å². The molecule has 0 bridgehead atoms. The molecule has 0 N–H and O–H groups in total. The Labute approximate surface area is 138 Å². The molecule has 0 radical (unpaired) electrons. The van der Waals surface area contributed by atoms with E-state index in [0.29, 0.717) is 33.7 Å². The molecular weight excluding hydrogens is 327 g/mol. The molecule has 0 aliphatic carbocycles. The lowest BCUT2D eigenvalue weighted by Crippen LogP contribution is -2.03. The lowest BCUT2D eigenvalue weighted by Gasteiger charge is -2.12. The van der Waals surface area contributed by atoms with Crippen LogP contribution in [0.4, 0.5) is 0 Å². The van der Waals surface area contributed by atoms with Gasteiger partial charge in [-0.2, -0.15) is 0 Å². The summed E-state index contributed by atoms with van der Waals surface area (Å²) in [7, 11) is 2.83. The number of carbonyl (C=O) groups excluding carboxylic acids is 1. The zero-order valence-corrected chi connectivity index (χ0v) is 13.6. The summed E-state index contributed by atoms with van der Waals surface area (Å²) in [5, 5.41) is 0.959. The molecule has 2 rings (SSSR count). The van der Waals surface area contributed by atoms with E-state index in [9.17, 15) is 4.79 Å². The summed E-state index contributed by atoms with van der Waals surface area (Å²) in [6.45, 7) is 0.296. The summed E-state index contributed by atoms with van der Waals surface area (Å²) in [6, 6.07) is 10.1. The first-order valence-corrected chi connectivity index (χ1v) is 7.14. The van der Waals surface area contributed by atoms with Crippen LogP contribution in [-0.2, 0) is 11.3 Å². The van der Waals surface area contributed by atoms with Gasteiger partial charge in [-0.05, 0) is 35.9 Å². The average molecular weight is 341 g/mol. The van der Waals surface area contributed by atoms with E-state index in [1.54, 1.807) is 30.3 Å². The summed E-state index contributed by atoms with van der Waals surface area (Å²) < 4.78 is 15.6. The highest BCUT2D eigenvalue weighted by Crippen LogP contribution is 2.30. The maximum absolute atomic E-state index is 11.5. The SMILES string of the molecule is COC(=O)c1ccc(OCc2ccc(Cl)c(Cl)c2)c(OC)c1. The van der Waals surface area contributed by atoms with Gasteiger partial charge in [0.2, 0.25) is 0 Å². The minimum absolute atomic E-state index is 0.296. The summed E-state index contributed by atoms with van der Waals surface area (Å²) in [5.74, 6) is 0.526. The normalized spacial score (nSPS) is 10.2. The number of hydrogen-bond acceptors (Lipinski definition) is 4. The average Bonchev–Trinajstić information content (AvgIpc) is 2.55. The minimum Gasteiger partial charge on any atom is -0.493 e. The Morgan fingerprint density at radius 3 is 2.41 bits per heavy atom. The smallest absolute Gasteiger partial charge is 0.337 e. The van der Waals surface area contributed by atoms with E-state index in [1.807, 2.05) is 6.07 Å². The maximum atomic E-state index is 11.5. The van der Waals surface area contributed by atoms with Gasteiger partial charge in [-0.1, -0.05) is 29.3 Å². The molecule has 0 heterocycles. The van der Waals surface area contributed by atoms with Gasteiger partial charge in [-0.15, -0.1) is 0 Å². The zero-order chi connectivity index (χ0) is 16.1. The monoisotopic (exact) mass is 340 g/mol. The molecule has 6 heteroatoms. The van der Waals surface area contributed by atoms with Gasteiger partial charge in [-0.25, -0.2) is 4.79 Å². The van der Waals surface area contributed by atoms with Crippen molar-refractivity contribution < 1.29 is 19.0 Å². The molecule has 0 aromatic heterocycles. The topological polar surface area (TPSA) is 44.8 Å². The molecule has 116 valence electrons. The molecule has 0 amide bonds. The molecule has 0 aliphatic rings. The van der Waals surface area contributed by atoms with Crippen LogP contribution in [0.1, 0.15) is 15.9 Å². The van der Waals surface area contributed by atoms with E-state index in [-0.39, 0.29) is 0 Å². The number of carbonyl (C=O) groups is 1. The highest BCUT2D eigenvalue weighted by atomic mass is 35.5. The second kappa shape index (κ2) is 7.38. The van der Waals surface area contributed by atoms with Crippen LogP contribution in [0.2, 0.25) is 10.0 Å². The molecule has 0 aliphatic heterocycles. The van der Waals surface area contributed by atoms with Gasteiger partial charge < -0.3 is 14.2 Å². The van der Waals surface area contributed by atoms with Gasteiger partial charge in [0, 0.05) is 0 Å². The first-order chi connectivity index (χ1) is 10.5. The third kappa shape index (κ3) is 3.84. The maximum Gasteiger partial charge on any atom is 0.337 e. The van der Waals surface area contributed by atoms with Crippen molar-refractivity contribution in [2.75, 3.05) is 14.2 Å². The Morgan fingerprint density at radius 2 is 1.77 bits per heavy atom. The standard InChI is InChI=1S/C16H14Cl2O4/c1-20-15-8-11(16(19)21-2)4-6-14(15)22-9-10-3-5-12(17)13(18)7-10/h3-8H,9H2,1-2H3. The van der Waals surface area contributed by atoms with Gasteiger partial charge in [-0.3, -0.25) is 0 Å². The number of halogens is 2. The van der Waals surface area contributed by atoms with Gasteiger partial charge in [0.05, 0.1) is 29.8 Å². The van der Waals surface area contributed by atoms with Gasteiger partial charge >= 0.3 is 5.97 Å². The Kier molecular flexibility index (Phi) is 5.52. The van der Waals surface area contributed by atoms with Crippen molar-refractivity contribution >= 4 is 29.2 Å². The second-order valence-electron chi connectivity index (χ2n) is 4.39. The van der Waals surface area contributed by atoms with Crippen molar-refractivity contribution in [2.24, 2.45) is 0 Å². The summed E-state index contributed by atoms with van der Waals surface area (Å²) in [5.41, 5.74) is 1.26. The highest BCUT2D eigenvalue weighted by molar-refractivity contribution is 6.42. The van der Waals surface area contributed by atoms with Gasteiger partial charge in [0.15, 0.2) is 11.5 Å². The zero-order valence-electron chi connectivity index (χ0n) is 12.1. The third-order valence-electron chi connectivity index (χ3n) is 2.96. The van der Waals surface area contributed by atoms with E-state index < -0.39 is 5.97 Å². The lowest BCUT2D eigenvalue weighted by atomic mass is 10.2. The number of ether oxygens (including phenoxy) is 3. The number of rotatable bonds is 5. The third-order valence-corrected chi connectivity index (χ3v) is 3.70. The fourth-order valence-electron chi connectivity index (χ4n) is 1.82. The van der Waals surface area contributed by atoms with E-state index in [2.05, 4.69) is 4.74 Å². The van der Waals surface area contributed by atoms with Crippen molar-refractivity contribution in [2.45, 2.75) is 6.61 Å². The fourth-order valence-corrected chi connectivity index (χ4v) is 2.14. The molecular formula is C16H14Cl2O4. The summed E-state index contributed by atoms with van der Waals surface area (Å²) in [4.78, 5) is 11.5. The van der Waals surface area contributed by atoms with Crippen LogP contribution in [0, 0.1) is 0 Å². The van der Waals surface area contributed by atoms with Crippen LogP contribution in [0.5, 0.6) is 11.5 Å².